The fraction of sp³-hybridized carbons (Fsp3) is 0.889. The molecule has 5 nitrogen and oxygen atoms in total. The Kier molecular flexibility index (Phi) is 3.85. The van der Waals surface area contributed by atoms with Crippen LogP contribution in [0.25, 0.3) is 0 Å². The van der Waals surface area contributed by atoms with E-state index < -0.39 is 17.4 Å². The second-order valence-corrected chi connectivity index (χ2v) is 3.93. The third-order valence-corrected chi connectivity index (χ3v) is 2.73. The van der Waals surface area contributed by atoms with Crippen LogP contribution in [0.15, 0.2) is 0 Å². The molecule has 1 N–H and O–H groups in total. The lowest BCUT2D eigenvalue weighted by Crippen LogP contribution is -2.43. The van der Waals surface area contributed by atoms with Gasteiger partial charge < -0.3 is 5.32 Å². The molecule has 0 aliphatic heterocycles. The van der Waals surface area contributed by atoms with Crippen molar-refractivity contribution in [2.24, 2.45) is 5.92 Å². The van der Waals surface area contributed by atoms with Crippen molar-refractivity contribution in [1.29, 1.82) is 0 Å². The van der Waals surface area contributed by atoms with Gasteiger partial charge in [0.05, 0.1) is 0 Å². The Bertz CT molecular complexity index is 230. The second-order valence-electron chi connectivity index (χ2n) is 3.93. The van der Waals surface area contributed by atoms with Crippen molar-refractivity contribution in [2.45, 2.75) is 38.6 Å². The van der Waals surface area contributed by atoms with Gasteiger partial charge in [-0.3, -0.25) is 14.9 Å². The number of hydrogen-bond donors (Lipinski definition) is 1. The van der Waals surface area contributed by atoms with Crippen molar-refractivity contribution < 1.29 is 9.72 Å². The normalized spacial score (nSPS) is 26.9. The van der Waals surface area contributed by atoms with Crippen molar-refractivity contribution in [3.8, 4) is 0 Å². The molecule has 0 aromatic rings. The van der Waals surface area contributed by atoms with Crippen LogP contribution in [0.3, 0.4) is 0 Å². The van der Waals surface area contributed by atoms with E-state index in [0.29, 0.717) is 5.92 Å². The van der Waals surface area contributed by atoms with Gasteiger partial charge in [0.15, 0.2) is 0 Å². The average molecular weight is 200 g/mol. The largest absolute Gasteiger partial charge is 0.347 e. The van der Waals surface area contributed by atoms with E-state index in [2.05, 4.69) is 12.2 Å². The predicted molar refractivity (Wildman–Crippen MR) is 51.4 cm³/mol. The highest BCUT2D eigenvalue weighted by molar-refractivity contribution is 5.77. The molecule has 2 atom stereocenters. The fourth-order valence-electron chi connectivity index (χ4n) is 1.90. The third kappa shape index (κ3) is 3.32. The maximum atomic E-state index is 11.1. The van der Waals surface area contributed by atoms with Crippen molar-refractivity contribution in [3.05, 3.63) is 10.1 Å². The molecule has 0 aromatic carbocycles. The molecule has 1 aliphatic carbocycles. The van der Waals surface area contributed by atoms with Crippen LogP contribution in [-0.4, -0.2) is 23.4 Å². The minimum atomic E-state index is -0.608. The minimum Gasteiger partial charge on any atom is -0.347 e. The molecule has 80 valence electrons. The molecule has 2 unspecified atom stereocenters. The molecular weight excluding hydrogens is 184 g/mol. The average Bonchev–Trinajstić information content (AvgIpc) is 2.07. The van der Waals surface area contributed by atoms with E-state index in [-0.39, 0.29) is 6.04 Å². The molecule has 1 aliphatic rings. The molecule has 5 heteroatoms. The number of hydrogen-bond acceptors (Lipinski definition) is 3. The zero-order chi connectivity index (χ0) is 10.6. The summed E-state index contributed by atoms with van der Waals surface area (Å²) in [7, 11) is 0. The smallest absolute Gasteiger partial charge is 0.291 e. The van der Waals surface area contributed by atoms with E-state index in [1.165, 1.54) is 6.42 Å². The molecular formula is C9H16N2O3. The van der Waals surface area contributed by atoms with Gasteiger partial charge >= 0.3 is 0 Å². The van der Waals surface area contributed by atoms with Crippen LogP contribution in [-0.2, 0) is 4.79 Å². The van der Waals surface area contributed by atoms with E-state index >= 15 is 0 Å². The Labute approximate surface area is 83.0 Å². The van der Waals surface area contributed by atoms with Gasteiger partial charge in [-0.25, -0.2) is 0 Å². The fourth-order valence-corrected chi connectivity index (χ4v) is 1.90. The van der Waals surface area contributed by atoms with Crippen LogP contribution in [0.1, 0.15) is 32.6 Å². The monoisotopic (exact) mass is 200 g/mol. The number of nitrogens with zero attached hydrogens (tertiary/aromatic N) is 1. The lowest BCUT2D eigenvalue weighted by atomic mass is 9.86. The summed E-state index contributed by atoms with van der Waals surface area (Å²) < 4.78 is 0. The van der Waals surface area contributed by atoms with Gasteiger partial charge in [-0.1, -0.05) is 19.8 Å². The van der Waals surface area contributed by atoms with Crippen molar-refractivity contribution >= 4 is 5.91 Å². The zero-order valence-corrected chi connectivity index (χ0v) is 8.36. The van der Waals surface area contributed by atoms with Gasteiger partial charge in [0.25, 0.3) is 12.5 Å². The third-order valence-electron chi connectivity index (χ3n) is 2.73. The zero-order valence-electron chi connectivity index (χ0n) is 8.36. The van der Waals surface area contributed by atoms with Gasteiger partial charge in [0.2, 0.25) is 0 Å². The quantitative estimate of drug-likeness (QED) is 0.544. The molecule has 1 rings (SSSR count). The van der Waals surface area contributed by atoms with Crippen molar-refractivity contribution in [1.82, 2.24) is 5.32 Å². The number of carbonyl (C=O) groups excluding carboxylic acids is 1. The topological polar surface area (TPSA) is 72.2 Å². The van der Waals surface area contributed by atoms with E-state index in [9.17, 15) is 14.9 Å². The van der Waals surface area contributed by atoms with Crippen LogP contribution < -0.4 is 5.32 Å². The van der Waals surface area contributed by atoms with Crippen LogP contribution in [0.2, 0.25) is 0 Å². The standard InChI is InChI=1S/C9H16N2O3/c1-7-4-2-3-5-8(7)10-9(12)6-11(13)14/h7-8H,2-6H2,1H3,(H,10,12). The van der Waals surface area contributed by atoms with Gasteiger partial charge in [-0.05, 0) is 18.8 Å². The summed E-state index contributed by atoms with van der Waals surface area (Å²) in [6.45, 7) is 1.47. The summed E-state index contributed by atoms with van der Waals surface area (Å²) in [4.78, 5) is 20.6. The lowest BCUT2D eigenvalue weighted by Gasteiger charge is -2.28. The summed E-state index contributed by atoms with van der Waals surface area (Å²) in [5.41, 5.74) is 0. The molecule has 0 heterocycles. The van der Waals surface area contributed by atoms with Crippen LogP contribution >= 0.6 is 0 Å². The number of carbonyl (C=O) groups is 1. The Balaban J connectivity index is 2.34. The van der Waals surface area contributed by atoms with Crippen molar-refractivity contribution in [3.63, 3.8) is 0 Å². The van der Waals surface area contributed by atoms with Crippen LogP contribution in [0.5, 0.6) is 0 Å². The highest BCUT2D eigenvalue weighted by atomic mass is 16.6. The summed E-state index contributed by atoms with van der Waals surface area (Å²) >= 11 is 0. The SMILES string of the molecule is CC1CCCCC1NC(=O)C[N+](=O)[O-]. The molecule has 0 spiro atoms. The first kappa shape index (κ1) is 10.9. The molecule has 0 saturated heterocycles. The Morgan fingerprint density at radius 1 is 1.50 bits per heavy atom. The number of nitro groups is 1. The van der Waals surface area contributed by atoms with Crippen LogP contribution in [0, 0.1) is 16.0 Å². The van der Waals surface area contributed by atoms with Crippen molar-refractivity contribution in [2.75, 3.05) is 6.54 Å². The molecule has 1 fully saturated rings. The summed E-state index contributed by atoms with van der Waals surface area (Å²) in [5, 5.41) is 12.8. The molecule has 0 aromatic heterocycles. The summed E-state index contributed by atoms with van der Waals surface area (Å²) in [6.07, 6.45) is 4.35. The van der Waals surface area contributed by atoms with E-state index in [1.807, 2.05) is 0 Å². The van der Waals surface area contributed by atoms with Gasteiger partial charge in [-0.2, -0.15) is 0 Å². The highest BCUT2D eigenvalue weighted by Crippen LogP contribution is 2.23. The van der Waals surface area contributed by atoms with E-state index in [1.54, 1.807) is 0 Å². The van der Waals surface area contributed by atoms with Gasteiger partial charge in [0.1, 0.15) is 0 Å². The van der Waals surface area contributed by atoms with E-state index in [4.69, 9.17) is 0 Å². The Morgan fingerprint density at radius 2 is 2.14 bits per heavy atom. The molecule has 0 bridgehead atoms. The Hall–Kier alpha value is -1.13. The van der Waals surface area contributed by atoms with Gasteiger partial charge in [-0.15, -0.1) is 0 Å². The minimum absolute atomic E-state index is 0.135. The van der Waals surface area contributed by atoms with Crippen LogP contribution in [0.4, 0.5) is 0 Å². The first-order valence-corrected chi connectivity index (χ1v) is 5.00. The maximum absolute atomic E-state index is 11.1. The number of nitrogens with one attached hydrogen (secondary N) is 1. The molecule has 14 heavy (non-hydrogen) atoms. The first-order valence-electron chi connectivity index (χ1n) is 5.00. The summed E-state index contributed by atoms with van der Waals surface area (Å²) in [6, 6.07) is 0.135. The lowest BCUT2D eigenvalue weighted by molar-refractivity contribution is -0.467. The Morgan fingerprint density at radius 3 is 2.71 bits per heavy atom. The second kappa shape index (κ2) is 4.93. The molecule has 1 saturated carbocycles. The maximum Gasteiger partial charge on any atom is 0.291 e. The van der Waals surface area contributed by atoms with Gasteiger partial charge in [0, 0.05) is 11.0 Å². The summed E-state index contributed by atoms with van der Waals surface area (Å²) in [5.74, 6) is -0.0202. The first-order chi connectivity index (χ1) is 6.59. The number of amides is 1. The highest BCUT2D eigenvalue weighted by Gasteiger charge is 2.23. The molecule has 1 amide bonds. The van der Waals surface area contributed by atoms with E-state index in [0.717, 1.165) is 19.3 Å². The molecule has 0 radical (unpaired) electrons. The predicted octanol–water partition coefficient (Wildman–Crippen LogP) is 0.958. The number of rotatable bonds is 3.